The van der Waals surface area contributed by atoms with Crippen molar-refractivity contribution >= 4 is 32.8 Å². The van der Waals surface area contributed by atoms with Gasteiger partial charge in [-0.25, -0.2) is 9.78 Å². The first kappa shape index (κ1) is 19.4. The van der Waals surface area contributed by atoms with E-state index in [1.165, 1.54) is 0 Å². The Balaban J connectivity index is 2.03. The number of nitrogens with zero attached hydrogens (tertiary/aromatic N) is 3. The summed E-state index contributed by atoms with van der Waals surface area (Å²) >= 11 is 3.47. The van der Waals surface area contributed by atoms with Gasteiger partial charge in [-0.1, -0.05) is 29.3 Å². The van der Waals surface area contributed by atoms with E-state index in [9.17, 15) is 9.59 Å². The minimum absolute atomic E-state index is 0.386. The molecular weight excluding hydrogens is 410 g/mol. The number of aryl methyl sites for hydroxylation is 3. The number of rotatable bonds is 7. The van der Waals surface area contributed by atoms with Crippen molar-refractivity contribution < 1.29 is 0 Å². The van der Waals surface area contributed by atoms with Crippen LogP contribution in [0.1, 0.15) is 38.1 Å². The van der Waals surface area contributed by atoms with Crippen LogP contribution in [-0.2, 0) is 19.6 Å². The van der Waals surface area contributed by atoms with Crippen LogP contribution in [0, 0.1) is 6.92 Å². The summed E-state index contributed by atoms with van der Waals surface area (Å²) in [5, 5.41) is 3.39. The lowest BCUT2D eigenvalue weighted by Gasteiger charge is -2.10. The average molecular weight is 434 g/mol. The zero-order valence-electron chi connectivity index (χ0n) is 15.8. The normalized spacial score (nSPS) is 11.3. The minimum Gasteiger partial charge on any atom is -0.378 e. The highest BCUT2D eigenvalue weighted by molar-refractivity contribution is 9.10. The van der Waals surface area contributed by atoms with E-state index in [1.54, 1.807) is 4.57 Å². The fraction of sp³-hybridized carbons (Fsp3) is 0.421. The van der Waals surface area contributed by atoms with Gasteiger partial charge in [-0.15, -0.1) is 0 Å². The molecule has 1 aromatic carbocycles. The highest BCUT2D eigenvalue weighted by atomic mass is 79.9. The Hall–Kier alpha value is -2.35. The molecule has 0 unspecified atom stereocenters. The summed E-state index contributed by atoms with van der Waals surface area (Å²) < 4.78 is 4.47. The third-order valence-electron chi connectivity index (χ3n) is 4.64. The SMILES string of the molecule is CCCCn1c(=O)[nH]c(=O)c2c1nc(CNc1ccc(Br)cc1C)n2CC. The summed E-state index contributed by atoms with van der Waals surface area (Å²) in [5.74, 6) is 0.733. The molecule has 144 valence electrons. The Morgan fingerprint density at radius 2 is 2.00 bits per heavy atom. The van der Waals surface area contributed by atoms with E-state index in [-0.39, 0.29) is 5.56 Å². The molecule has 7 nitrogen and oxygen atoms in total. The molecule has 8 heteroatoms. The molecule has 0 fully saturated rings. The Bertz CT molecular complexity index is 1080. The first-order chi connectivity index (χ1) is 13.0. The van der Waals surface area contributed by atoms with E-state index in [4.69, 9.17) is 0 Å². The topological polar surface area (TPSA) is 84.7 Å². The molecule has 0 saturated carbocycles. The summed E-state index contributed by atoms with van der Waals surface area (Å²) in [6, 6.07) is 6.02. The van der Waals surface area contributed by atoms with Crippen molar-refractivity contribution in [3.05, 3.63) is 54.9 Å². The molecule has 2 heterocycles. The quantitative estimate of drug-likeness (QED) is 0.597. The van der Waals surface area contributed by atoms with E-state index < -0.39 is 5.69 Å². The maximum absolute atomic E-state index is 12.4. The van der Waals surface area contributed by atoms with Gasteiger partial charge < -0.3 is 9.88 Å². The maximum atomic E-state index is 12.4. The molecule has 2 N–H and O–H groups in total. The summed E-state index contributed by atoms with van der Waals surface area (Å²) in [6.07, 6.45) is 1.81. The van der Waals surface area contributed by atoms with Crippen LogP contribution in [0.5, 0.6) is 0 Å². The van der Waals surface area contributed by atoms with E-state index in [1.807, 2.05) is 36.6 Å². The lowest BCUT2D eigenvalue weighted by molar-refractivity contribution is 0.613. The van der Waals surface area contributed by atoms with Crippen molar-refractivity contribution in [3.63, 3.8) is 0 Å². The molecule has 27 heavy (non-hydrogen) atoms. The van der Waals surface area contributed by atoms with E-state index in [2.05, 4.69) is 38.1 Å². The summed E-state index contributed by atoms with van der Waals surface area (Å²) in [6.45, 7) is 7.67. The lowest BCUT2D eigenvalue weighted by atomic mass is 10.2. The highest BCUT2D eigenvalue weighted by Crippen LogP contribution is 2.21. The van der Waals surface area contributed by atoms with Gasteiger partial charge in [0.1, 0.15) is 5.82 Å². The number of fused-ring (bicyclic) bond motifs is 1. The van der Waals surface area contributed by atoms with Crippen LogP contribution in [0.15, 0.2) is 32.3 Å². The number of unbranched alkanes of at least 4 members (excludes halogenated alkanes) is 1. The number of imidazole rings is 1. The van der Waals surface area contributed by atoms with Crippen LogP contribution >= 0.6 is 15.9 Å². The van der Waals surface area contributed by atoms with Crippen molar-refractivity contribution in [1.29, 1.82) is 0 Å². The molecule has 0 bridgehead atoms. The zero-order chi connectivity index (χ0) is 19.6. The molecular formula is C19H24BrN5O2. The molecule has 0 aliphatic rings. The second-order valence-corrected chi connectivity index (χ2v) is 7.44. The number of hydrogen-bond donors (Lipinski definition) is 2. The first-order valence-electron chi connectivity index (χ1n) is 9.18. The van der Waals surface area contributed by atoms with Gasteiger partial charge in [0.25, 0.3) is 5.56 Å². The van der Waals surface area contributed by atoms with Crippen LogP contribution < -0.4 is 16.6 Å². The highest BCUT2D eigenvalue weighted by Gasteiger charge is 2.17. The Kier molecular flexibility index (Phi) is 5.84. The number of H-pyrrole nitrogens is 1. The lowest BCUT2D eigenvalue weighted by Crippen LogP contribution is -2.31. The molecule has 0 spiro atoms. The van der Waals surface area contributed by atoms with Crippen LogP contribution in [0.2, 0.25) is 0 Å². The van der Waals surface area contributed by atoms with Gasteiger partial charge in [-0.3, -0.25) is 14.3 Å². The fourth-order valence-corrected chi connectivity index (χ4v) is 3.69. The largest absolute Gasteiger partial charge is 0.378 e. The molecule has 0 radical (unpaired) electrons. The van der Waals surface area contributed by atoms with Gasteiger partial charge >= 0.3 is 5.69 Å². The second kappa shape index (κ2) is 8.12. The van der Waals surface area contributed by atoms with Crippen LogP contribution in [0.3, 0.4) is 0 Å². The minimum atomic E-state index is -0.398. The van der Waals surface area contributed by atoms with Gasteiger partial charge in [-0.05, 0) is 44.0 Å². The summed E-state index contributed by atoms with van der Waals surface area (Å²) in [7, 11) is 0. The van der Waals surface area contributed by atoms with Gasteiger partial charge in [0.05, 0.1) is 6.54 Å². The van der Waals surface area contributed by atoms with Gasteiger partial charge in [0.15, 0.2) is 11.2 Å². The molecule has 0 aliphatic carbocycles. The molecule has 0 amide bonds. The van der Waals surface area contributed by atoms with Gasteiger partial charge in [0, 0.05) is 23.2 Å². The smallest absolute Gasteiger partial charge is 0.330 e. The average Bonchev–Trinajstić information content (AvgIpc) is 2.99. The Labute approximate surface area is 165 Å². The fourth-order valence-electron chi connectivity index (χ4n) is 3.22. The monoisotopic (exact) mass is 433 g/mol. The standard InChI is InChI=1S/C19H24BrN5O2/c1-4-6-9-25-17-16(18(26)23-19(25)27)24(5-2)15(22-17)11-21-14-8-7-13(20)10-12(14)3/h7-8,10,21H,4-6,9,11H2,1-3H3,(H,23,26,27). The number of halogens is 1. The third-order valence-corrected chi connectivity index (χ3v) is 5.13. The molecule has 2 aromatic heterocycles. The zero-order valence-corrected chi connectivity index (χ0v) is 17.4. The number of anilines is 1. The van der Waals surface area contributed by atoms with Gasteiger partial charge in [0.2, 0.25) is 0 Å². The van der Waals surface area contributed by atoms with Crippen molar-refractivity contribution in [2.75, 3.05) is 5.32 Å². The Morgan fingerprint density at radius 3 is 2.67 bits per heavy atom. The van der Waals surface area contributed by atoms with E-state index in [0.29, 0.717) is 30.8 Å². The maximum Gasteiger partial charge on any atom is 0.330 e. The Morgan fingerprint density at radius 1 is 1.22 bits per heavy atom. The van der Waals surface area contributed by atoms with Gasteiger partial charge in [-0.2, -0.15) is 0 Å². The number of nitrogens with one attached hydrogen (secondary N) is 2. The summed E-state index contributed by atoms with van der Waals surface area (Å²) in [5.41, 5.74) is 2.25. The predicted molar refractivity (Wildman–Crippen MR) is 111 cm³/mol. The first-order valence-corrected chi connectivity index (χ1v) is 9.97. The third kappa shape index (κ3) is 3.85. The van der Waals surface area contributed by atoms with E-state index in [0.717, 1.165) is 34.4 Å². The van der Waals surface area contributed by atoms with E-state index >= 15 is 0 Å². The molecule has 0 atom stereocenters. The summed E-state index contributed by atoms with van der Waals surface area (Å²) in [4.78, 5) is 31.8. The van der Waals surface area contributed by atoms with Crippen LogP contribution in [0.4, 0.5) is 5.69 Å². The molecule has 0 saturated heterocycles. The number of aromatic nitrogens is 4. The van der Waals surface area contributed by atoms with Crippen LogP contribution in [-0.4, -0.2) is 19.1 Å². The molecule has 3 rings (SSSR count). The van der Waals surface area contributed by atoms with Crippen molar-refractivity contribution in [1.82, 2.24) is 19.1 Å². The molecule has 0 aliphatic heterocycles. The van der Waals surface area contributed by atoms with Crippen molar-refractivity contribution in [3.8, 4) is 0 Å². The van der Waals surface area contributed by atoms with Crippen molar-refractivity contribution in [2.45, 2.75) is 53.2 Å². The number of hydrogen-bond acceptors (Lipinski definition) is 4. The second-order valence-electron chi connectivity index (χ2n) is 6.52. The number of benzene rings is 1. The predicted octanol–water partition coefficient (Wildman–Crippen LogP) is 3.39. The molecule has 3 aromatic rings. The van der Waals surface area contributed by atoms with Crippen molar-refractivity contribution in [2.24, 2.45) is 0 Å². The van der Waals surface area contributed by atoms with Crippen LogP contribution in [0.25, 0.3) is 11.2 Å². The number of aromatic amines is 1.